The van der Waals surface area contributed by atoms with E-state index in [9.17, 15) is 0 Å². The molecule has 0 unspecified atom stereocenters. The Morgan fingerprint density at radius 2 is 1.64 bits per heavy atom. The van der Waals surface area contributed by atoms with Crippen LogP contribution in [0.3, 0.4) is 0 Å². The largest absolute Gasteiger partial charge is 0.497 e. The van der Waals surface area contributed by atoms with E-state index in [0.717, 1.165) is 5.75 Å². The SMILES string of the molecule is CC.COc1cccc(C(C)(C)C)c1. The van der Waals surface area contributed by atoms with E-state index in [1.165, 1.54) is 5.56 Å². The fraction of sp³-hybridized carbons (Fsp3) is 0.538. The molecule has 0 saturated heterocycles. The summed E-state index contributed by atoms with van der Waals surface area (Å²) in [6.07, 6.45) is 0. The monoisotopic (exact) mass is 194 g/mol. The summed E-state index contributed by atoms with van der Waals surface area (Å²) in [5.41, 5.74) is 1.51. The second-order valence-corrected chi connectivity index (χ2v) is 3.98. The number of hydrogen-bond donors (Lipinski definition) is 0. The average molecular weight is 194 g/mol. The molecule has 1 aromatic rings. The molecule has 0 aromatic heterocycles. The topological polar surface area (TPSA) is 9.23 Å². The van der Waals surface area contributed by atoms with Gasteiger partial charge >= 0.3 is 0 Å². The van der Waals surface area contributed by atoms with Gasteiger partial charge in [-0.25, -0.2) is 0 Å². The fourth-order valence-corrected chi connectivity index (χ4v) is 1.09. The van der Waals surface area contributed by atoms with E-state index in [2.05, 4.69) is 32.9 Å². The number of rotatable bonds is 1. The number of benzene rings is 1. The van der Waals surface area contributed by atoms with Crippen molar-refractivity contribution in [3.8, 4) is 5.75 Å². The van der Waals surface area contributed by atoms with Gasteiger partial charge in [0.15, 0.2) is 0 Å². The maximum Gasteiger partial charge on any atom is 0.119 e. The van der Waals surface area contributed by atoms with Crippen molar-refractivity contribution < 1.29 is 4.74 Å². The molecule has 0 radical (unpaired) electrons. The lowest BCUT2D eigenvalue weighted by atomic mass is 9.87. The molecule has 0 fully saturated rings. The highest BCUT2D eigenvalue weighted by Gasteiger charge is 2.13. The summed E-state index contributed by atoms with van der Waals surface area (Å²) < 4.78 is 5.15. The molecule has 1 nitrogen and oxygen atoms in total. The van der Waals surface area contributed by atoms with E-state index in [1.807, 2.05) is 26.0 Å². The lowest BCUT2D eigenvalue weighted by Crippen LogP contribution is -2.10. The Kier molecular flexibility index (Phi) is 5.29. The van der Waals surface area contributed by atoms with Crippen LogP contribution in [0.1, 0.15) is 40.2 Å². The third kappa shape index (κ3) is 3.82. The van der Waals surface area contributed by atoms with Gasteiger partial charge in [-0.3, -0.25) is 0 Å². The molecule has 1 aromatic carbocycles. The van der Waals surface area contributed by atoms with Crippen molar-refractivity contribution in [3.05, 3.63) is 29.8 Å². The van der Waals surface area contributed by atoms with Crippen molar-refractivity contribution >= 4 is 0 Å². The lowest BCUT2D eigenvalue weighted by Gasteiger charge is -2.19. The second kappa shape index (κ2) is 5.69. The molecule has 1 heteroatoms. The van der Waals surface area contributed by atoms with Crippen LogP contribution in [-0.2, 0) is 5.41 Å². The molecule has 0 amide bonds. The third-order valence-electron chi connectivity index (χ3n) is 1.94. The molecule has 1 rings (SSSR count). The minimum absolute atomic E-state index is 0.203. The van der Waals surface area contributed by atoms with Crippen molar-refractivity contribution in [1.82, 2.24) is 0 Å². The predicted molar refractivity (Wildman–Crippen MR) is 63.0 cm³/mol. The fourth-order valence-electron chi connectivity index (χ4n) is 1.09. The minimum Gasteiger partial charge on any atom is -0.497 e. The van der Waals surface area contributed by atoms with Crippen LogP contribution in [0.25, 0.3) is 0 Å². The van der Waals surface area contributed by atoms with Gasteiger partial charge in [-0.2, -0.15) is 0 Å². The molecule has 0 saturated carbocycles. The highest BCUT2D eigenvalue weighted by molar-refractivity contribution is 5.32. The summed E-state index contributed by atoms with van der Waals surface area (Å²) in [6, 6.07) is 8.21. The molecule has 0 aliphatic rings. The van der Waals surface area contributed by atoms with Gasteiger partial charge < -0.3 is 4.74 Å². The lowest BCUT2D eigenvalue weighted by molar-refractivity contribution is 0.412. The average Bonchev–Trinajstić information content (AvgIpc) is 2.20. The quantitative estimate of drug-likeness (QED) is 0.656. The zero-order valence-electron chi connectivity index (χ0n) is 10.2. The van der Waals surface area contributed by atoms with Gasteiger partial charge in [0.25, 0.3) is 0 Å². The Labute approximate surface area is 88.1 Å². The minimum atomic E-state index is 0.203. The Bertz CT molecular complexity index is 258. The summed E-state index contributed by atoms with van der Waals surface area (Å²) in [6.45, 7) is 10.6. The summed E-state index contributed by atoms with van der Waals surface area (Å²) in [7, 11) is 1.70. The van der Waals surface area contributed by atoms with Crippen LogP contribution in [0.15, 0.2) is 24.3 Å². The molecule has 80 valence electrons. The van der Waals surface area contributed by atoms with Gasteiger partial charge in [-0.1, -0.05) is 46.8 Å². The summed E-state index contributed by atoms with van der Waals surface area (Å²) in [5.74, 6) is 0.933. The van der Waals surface area contributed by atoms with Gasteiger partial charge in [0.05, 0.1) is 7.11 Å². The first-order chi connectivity index (χ1) is 6.54. The van der Waals surface area contributed by atoms with Gasteiger partial charge in [-0.05, 0) is 23.1 Å². The van der Waals surface area contributed by atoms with Crippen LogP contribution in [0.4, 0.5) is 0 Å². The normalized spacial score (nSPS) is 10.1. The molecule has 0 bridgehead atoms. The maximum absolute atomic E-state index is 5.15. The van der Waals surface area contributed by atoms with Crippen molar-refractivity contribution in [2.75, 3.05) is 7.11 Å². The number of ether oxygens (including phenoxy) is 1. The summed E-state index contributed by atoms with van der Waals surface area (Å²) in [4.78, 5) is 0. The van der Waals surface area contributed by atoms with Crippen LogP contribution in [-0.4, -0.2) is 7.11 Å². The molecule has 0 aliphatic heterocycles. The van der Waals surface area contributed by atoms with E-state index < -0.39 is 0 Å². The number of methoxy groups -OCH3 is 1. The highest BCUT2D eigenvalue weighted by atomic mass is 16.5. The molecule has 0 N–H and O–H groups in total. The second-order valence-electron chi connectivity index (χ2n) is 3.98. The maximum atomic E-state index is 5.15. The van der Waals surface area contributed by atoms with E-state index in [4.69, 9.17) is 4.74 Å². The third-order valence-corrected chi connectivity index (χ3v) is 1.94. The van der Waals surface area contributed by atoms with Gasteiger partial charge in [0, 0.05) is 0 Å². The van der Waals surface area contributed by atoms with Crippen LogP contribution in [0, 0.1) is 0 Å². The van der Waals surface area contributed by atoms with Gasteiger partial charge in [0.2, 0.25) is 0 Å². The first-order valence-electron chi connectivity index (χ1n) is 5.18. The number of hydrogen-bond acceptors (Lipinski definition) is 1. The van der Waals surface area contributed by atoms with Crippen molar-refractivity contribution in [1.29, 1.82) is 0 Å². The molecule has 0 spiro atoms. The van der Waals surface area contributed by atoms with Crippen LogP contribution >= 0.6 is 0 Å². The summed E-state index contributed by atoms with van der Waals surface area (Å²) >= 11 is 0. The van der Waals surface area contributed by atoms with Gasteiger partial charge in [-0.15, -0.1) is 0 Å². The van der Waals surface area contributed by atoms with E-state index in [0.29, 0.717) is 0 Å². The van der Waals surface area contributed by atoms with Crippen molar-refractivity contribution in [2.45, 2.75) is 40.0 Å². The Balaban J connectivity index is 0.000000791. The van der Waals surface area contributed by atoms with Crippen molar-refractivity contribution in [2.24, 2.45) is 0 Å². The predicted octanol–water partition coefficient (Wildman–Crippen LogP) is 4.02. The zero-order chi connectivity index (χ0) is 11.2. The smallest absolute Gasteiger partial charge is 0.119 e. The first-order valence-corrected chi connectivity index (χ1v) is 5.18. The molecular formula is C13H22O. The Morgan fingerprint density at radius 3 is 2.07 bits per heavy atom. The van der Waals surface area contributed by atoms with Gasteiger partial charge in [0.1, 0.15) is 5.75 Å². The van der Waals surface area contributed by atoms with Crippen molar-refractivity contribution in [3.63, 3.8) is 0 Å². The highest BCUT2D eigenvalue weighted by Crippen LogP contribution is 2.25. The van der Waals surface area contributed by atoms with Crippen LogP contribution in [0.5, 0.6) is 5.75 Å². The molecule has 0 aliphatic carbocycles. The van der Waals surface area contributed by atoms with E-state index >= 15 is 0 Å². The molecular weight excluding hydrogens is 172 g/mol. The zero-order valence-corrected chi connectivity index (χ0v) is 10.2. The Morgan fingerprint density at radius 1 is 1.07 bits per heavy atom. The van der Waals surface area contributed by atoms with Crippen LogP contribution < -0.4 is 4.74 Å². The van der Waals surface area contributed by atoms with E-state index in [1.54, 1.807) is 7.11 Å². The first kappa shape index (κ1) is 13.0. The molecule has 0 atom stereocenters. The Hall–Kier alpha value is -0.980. The molecule has 0 heterocycles. The standard InChI is InChI=1S/C11H16O.C2H6/c1-11(2,3)9-6-5-7-10(8-9)12-4;1-2/h5-8H,1-4H3;1-2H3. The van der Waals surface area contributed by atoms with E-state index in [-0.39, 0.29) is 5.41 Å². The molecule has 14 heavy (non-hydrogen) atoms. The summed E-state index contributed by atoms with van der Waals surface area (Å²) in [5, 5.41) is 0. The van der Waals surface area contributed by atoms with Crippen LogP contribution in [0.2, 0.25) is 0 Å².